The van der Waals surface area contributed by atoms with Gasteiger partial charge in [-0.3, -0.25) is 14.9 Å². The fourth-order valence-corrected chi connectivity index (χ4v) is 3.63. The largest absolute Gasteiger partial charge is 0.355 e. The molecule has 1 aliphatic rings. The summed E-state index contributed by atoms with van der Waals surface area (Å²) in [4.78, 5) is 11.4. The van der Waals surface area contributed by atoms with Crippen molar-refractivity contribution in [2.75, 3.05) is 26.7 Å². The monoisotopic (exact) mass is 467 g/mol. The van der Waals surface area contributed by atoms with Gasteiger partial charge in [0.25, 0.3) is 0 Å². The molecule has 1 aromatic heterocycles. The van der Waals surface area contributed by atoms with Crippen LogP contribution in [0.1, 0.15) is 31.7 Å². The molecule has 0 spiro atoms. The molecule has 26 heavy (non-hydrogen) atoms. The summed E-state index contributed by atoms with van der Waals surface area (Å²) >= 11 is 0. The minimum absolute atomic E-state index is 0. The molecule has 0 bridgehead atoms. The lowest BCUT2D eigenvalue weighted by atomic mass is 10.0. The van der Waals surface area contributed by atoms with Crippen molar-refractivity contribution in [3.05, 3.63) is 42.1 Å². The van der Waals surface area contributed by atoms with Crippen LogP contribution in [0.4, 0.5) is 0 Å². The summed E-state index contributed by atoms with van der Waals surface area (Å²) in [5.74, 6) is 0.863. The molecule has 0 saturated carbocycles. The first-order chi connectivity index (χ1) is 12.3. The van der Waals surface area contributed by atoms with Gasteiger partial charge >= 0.3 is 0 Å². The van der Waals surface area contributed by atoms with Gasteiger partial charge < -0.3 is 10.6 Å². The van der Waals surface area contributed by atoms with Gasteiger partial charge in [-0.05, 0) is 43.6 Å². The van der Waals surface area contributed by atoms with Gasteiger partial charge in [0.15, 0.2) is 5.96 Å². The molecule has 1 unspecified atom stereocenters. The fourth-order valence-electron chi connectivity index (χ4n) is 3.63. The second-order valence-electron chi connectivity index (χ2n) is 6.57. The molecule has 1 aliphatic heterocycles. The topological polar surface area (TPSA) is 52.5 Å². The van der Waals surface area contributed by atoms with Gasteiger partial charge in [0.05, 0.1) is 5.52 Å². The average Bonchev–Trinajstić information content (AvgIpc) is 2.68. The first-order valence-corrected chi connectivity index (χ1v) is 9.33. The van der Waals surface area contributed by atoms with Gasteiger partial charge in [-0.1, -0.05) is 31.5 Å². The van der Waals surface area contributed by atoms with Crippen molar-refractivity contribution < 1.29 is 0 Å². The lowest BCUT2D eigenvalue weighted by Gasteiger charge is -2.35. The number of hydrogen-bond acceptors (Lipinski definition) is 3. The van der Waals surface area contributed by atoms with Crippen LogP contribution in [0.5, 0.6) is 0 Å². The summed E-state index contributed by atoms with van der Waals surface area (Å²) in [7, 11) is 1.83. The number of rotatable bonds is 5. The summed E-state index contributed by atoms with van der Waals surface area (Å²) < 4.78 is 0. The predicted octanol–water partition coefficient (Wildman–Crippen LogP) is 3.39. The summed E-state index contributed by atoms with van der Waals surface area (Å²) in [6.45, 7) is 6.29. The molecule has 2 heterocycles. The van der Waals surface area contributed by atoms with Crippen molar-refractivity contribution in [3.8, 4) is 0 Å². The Morgan fingerprint density at radius 3 is 2.88 bits per heavy atom. The molecule has 3 rings (SSSR count). The maximum absolute atomic E-state index is 4.43. The number of nitrogens with one attached hydrogen (secondary N) is 2. The van der Waals surface area contributed by atoms with Crippen LogP contribution in [-0.2, 0) is 6.54 Å². The molecule has 142 valence electrons. The van der Waals surface area contributed by atoms with E-state index in [4.69, 9.17) is 0 Å². The van der Waals surface area contributed by atoms with E-state index < -0.39 is 0 Å². The van der Waals surface area contributed by atoms with Gasteiger partial charge in [0.2, 0.25) is 0 Å². The highest BCUT2D eigenvalue weighted by atomic mass is 127. The number of likely N-dealkylation sites (tertiary alicyclic amines) is 1. The van der Waals surface area contributed by atoms with Gasteiger partial charge in [0.1, 0.15) is 0 Å². The highest BCUT2D eigenvalue weighted by Crippen LogP contribution is 2.16. The van der Waals surface area contributed by atoms with Gasteiger partial charge in [-0.25, -0.2) is 0 Å². The predicted molar refractivity (Wildman–Crippen MR) is 120 cm³/mol. The van der Waals surface area contributed by atoms with E-state index in [0.29, 0.717) is 6.04 Å². The number of para-hydroxylation sites is 1. The first-order valence-electron chi connectivity index (χ1n) is 9.33. The van der Waals surface area contributed by atoms with E-state index in [1.807, 2.05) is 25.4 Å². The van der Waals surface area contributed by atoms with Crippen LogP contribution in [0, 0.1) is 0 Å². The maximum Gasteiger partial charge on any atom is 0.191 e. The van der Waals surface area contributed by atoms with Gasteiger partial charge in [0, 0.05) is 37.8 Å². The summed E-state index contributed by atoms with van der Waals surface area (Å²) in [6.07, 6.45) is 5.80. The summed E-state index contributed by atoms with van der Waals surface area (Å²) in [6, 6.07) is 10.9. The van der Waals surface area contributed by atoms with Crippen molar-refractivity contribution in [2.45, 2.75) is 38.8 Å². The van der Waals surface area contributed by atoms with E-state index >= 15 is 0 Å². The Kier molecular flexibility index (Phi) is 8.58. The van der Waals surface area contributed by atoms with E-state index in [1.54, 1.807) is 0 Å². The van der Waals surface area contributed by atoms with Crippen LogP contribution in [-0.4, -0.2) is 48.6 Å². The maximum atomic E-state index is 4.43. The second-order valence-corrected chi connectivity index (χ2v) is 6.57. The fraction of sp³-hybridized carbons (Fsp3) is 0.500. The molecule has 1 aromatic carbocycles. The Morgan fingerprint density at radius 2 is 2.08 bits per heavy atom. The Balaban J connectivity index is 0.00000243. The normalized spacial score (nSPS) is 18.4. The summed E-state index contributed by atoms with van der Waals surface area (Å²) in [5.41, 5.74) is 2.27. The molecule has 2 N–H and O–H groups in total. The smallest absolute Gasteiger partial charge is 0.191 e. The number of nitrogens with zero attached hydrogens (tertiary/aromatic N) is 3. The number of piperidine rings is 1. The number of guanidine groups is 1. The number of pyridine rings is 1. The molecule has 2 aromatic rings. The van der Waals surface area contributed by atoms with E-state index in [0.717, 1.165) is 31.1 Å². The highest BCUT2D eigenvalue weighted by molar-refractivity contribution is 14.0. The number of aliphatic imine (C=N–C) groups is 1. The van der Waals surface area contributed by atoms with Gasteiger partial charge in [-0.2, -0.15) is 0 Å². The Hall–Kier alpha value is -1.41. The highest BCUT2D eigenvalue weighted by Gasteiger charge is 2.20. The van der Waals surface area contributed by atoms with Crippen molar-refractivity contribution in [1.29, 1.82) is 0 Å². The third kappa shape index (κ3) is 5.30. The second kappa shape index (κ2) is 10.7. The minimum Gasteiger partial charge on any atom is -0.355 e. The number of likely N-dealkylation sites (N-methyl/N-ethyl adjacent to an activating group) is 1. The van der Waals surface area contributed by atoms with Crippen molar-refractivity contribution in [2.24, 2.45) is 4.99 Å². The molecular weight excluding hydrogens is 437 g/mol. The Bertz CT molecular complexity index is 713. The molecule has 0 aliphatic carbocycles. The Labute approximate surface area is 173 Å². The van der Waals surface area contributed by atoms with E-state index in [9.17, 15) is 0 Å². The molecular formula is C20H30IN5. The van der Waals surface area contributed by atoms with Crippen molar-refractivity contribution in [1.82, 2.24) is 20.5 Å². The van der Waals surface area contributed by atoms with Gasteiger partial charge in [-0.15, -0.1) is 24.0 Å². The molecule has 0 radical (unpaired) electrons. The van der Waals surface area contributed by atoms with Crippen LogP contribution in [0.15, 0.2) is 41.5 Å². The van der Waals surface area contributed by atoms with Crippen LogP contribution in [0.25, 0.3) is 10.9 Å². The minimum atomic E-state index is 0. The number of benzene rings is 1. The third-order valence-electron chi connectivity index (χ3n) is 5.07. The quantitative estimate of drug-likeness (QED) is 0.402. The average molecular weight is 467 g/mol. The van der Waals surface area contributed by atoms with E-state index in [2.05, 4.69) is 50.6 Å². The molecule has 5 nitrogen and oxygen atoms in total. The van der Waals surface area contributed by atoms with Crippen molar-refractivity contribution >= 4 is 40.8 Å². The van der Waals surface area contributed by atoms with Crippen LogP contribution < -0.4 is 10.6 Å². The Morgan fingerprint density at radius 1 is 1.23 bits per heavy atom. The zero-order valence-electron chi connectivity index (χ0n) is 15.7. The van der Waals surface area contributed by atoms with Crippen molar-refractivity contribution in [3.63, 3.8) is 0 Å². The molecule has 0 amide bonds. The lowest BCUT2D eigenvalue weighted by molar-refractivity contribution is 0.157. The number of fused-ring (bicyclic) bond motifs is 1. The number of hydrogen-bond donors (Lipinski definition) is 2. The number of aromatic nitrogens is 1. The van der Waals surface area contributed by atoms with E-state index in [1.165, 1.54) is 36.8 Å². The van der Waals surface area contributed by atoms with E-state index in [-0.39, 0.29) is 24.0 Å². The number of halogens is 1. The standard InChI is InChI=1S/C20H29N5.HI/c1-3-25-13-7-6-8-17(25)15-24-20(21-2)23-14-16-11-12-22-19-10-5-4-9-18(16)19;/h4-5,9-12,17H,3,6-8,13-15H2,1-2H3,(H2,21,23,24);1H. The van der Waals surface area contributed by atoms with Crippen LogP contribution in [0.2, 0.25) is 0 Å². The molecule has 1 atom stereocenters. The SMILES string of the molecule is CCN1CCCCC1CNC(=NC)NCc1ccnc2ccccc12.I. The zero-order chi connectivity index (χ0) is 17.5. The van der Waals surface area contributed by atoms with Crippen LogP contribution >= 0.6 is 24.0 Å². The molecule has 1 saturated heterocycles. The first kappa shape index (κ1) is 20.9. The third-order valence-corrected chi connectivity index (χ3v) is 5.07. The lowest BCUT2D eigenvalue weighted by Crippen LogP contribution is -2.48. The zero-order valence-corrected chi connectivity index (χ0v) is 18.1. The van der Waals surface area contributed by atoms with Crippen LogP contribution in [0.3, 0.4) is 0 Å². The summed E-state index contributed by atoms with van der Waals surface area (Å²) in [5, 5.41) is 8.14. The molecule has 1 fully saturated rings. The molecule has 6 heteroatoms.